The van der Waals surface area contributed by atoms with Crippen molar-refractivity contribution in [2.24, 2.45) is 0 Å². The van der Waals surface area contributed by atoms with Gasteiger partial charge in [-0.2, -0.15) is 18.3 Å². The lowest BCUT2D eigenvalue weighted by molar-refractivity contribution is -0.143. The third-order valence-corrected chi connectivity index (χ3v) is 5.24. The van der Waals surface area contributed by atoms with E-state index in [0.717, 1.165) is 24.5 Å². The number of terminal acetylenes is 1. The second-order valence-electron chi connectivity index (χ2n) is 7.59. The highest BCUT2D eigenvalue weighted by atomic mass is 19.4. The summed E-state index contributed by atoms with van der Waals surface area (Å²) in [6.07, 6.45) is 4.16. The maximum Gasteiger partial charge on any atom is 0.434 e. The Hall–Kier alpha value is -4.72. The quantitative estimate of drug-likeness (QED) is 0.284. The van der Waals surface area contributed by atoms with E-state index in [2.05, 4.69) is 32.9 Å². The standard InChI is InChI=1S/C25H17F5N6/c1-3-18-15(8-10-32-23(18)31)11-16-6-7-17(12-21(16)27)35-14(2)19-13-34-36(22(19)25(28,29)30)24-20(26)5-4-9-33-24/h1,4-10,12-13,35H,2,11H2,(H2,31,32). The predicted molar refractivity (Wildman–Crippen MR) is 125 cm³/mol. The van der Waals surface area contributed by atoms with Crippen molar-refractivity contribution < 1.29 is 22.0 Å². The molecule has 0 aliphatic heterocycles. The van der Waals surface area contributed by atoms with E-state index in [1.165, 1.54) is 24.4 Å². The lowest BCUT2D eigenvalue weighted by atomic mass is 10.0. The van der Waals surface area contributed by atoms with E-state index >= 15 is 0 Å². The van der Waals surface area contributed by atoms with Gasteiger partial charge < -0.3 is 11.1 Å². The molecule has 0 fully saturated rings. The monoisotopic (exact) mass is 496 g/mol. The highest BCUT2D eigenvalue weighted by Gasteiger charge is 2.40. The summed E-state index contributed by atoms with van der Waals surface area (Å²) in [5, 5.41) is 6.32. The molecule has 11 heteroatoms. The van der Waals surface area contributed by atoms with Gasteiger partial charge in [-0.25, -0.2) is 23.4 Å². The Bertz CT molecular complexity index is 1500. The molecular weight excluding hydrogens is 479 g/mol. The summed E-state index contributed by atoms with van der Waals surface area (Å²) in [5.41, 5.74) is 5.17. The first-order valence-electron chi connectivity index (χ1n) is 10.3. The zero-order chi connectivity index (χ0) is 26.0. The number of nitrogens with two attached hydrogens (primary N) is 1. The fraction of sp³-hybridized carbons (Fsp3) is 0.0800. The first-order chi connectivity index (χ1) is 17.1. The van der Waals surface area contributed by atoms with Gasteiger partial charge in [0.05, 0.1) is 11.8 Å². The van der Waals surface area contributed by atoms with Crippen molar-refractivity contribution in [2.45, 2.75) is 12.6 Å². The minimum atomic E-state index is -4.92. The molecule has 4 aromatic rings. The Morgan fingerprint density at radius 2 is 1.86 bits per heavy atom. The Balaban J connectivity index is 1.62. The molecule has 0 unspecified atom stereocenters. The van der Waals surface area contributed by atoms with Crippen LogP contribution in [0.5, 0.6) is 0 Å². The summed E-state index contributed by atoms with van der Waals surface area (Å²) in [5.74, 6) is 0.340. The SMILES string of the molecule is C#Cc1c(Cc2ccc(NC(=C)c3cnn(-c4ncccc4F)c3C(F)(F)F)cc2F)ccnc1N. The van der Waals surface area contributed by atoms with Crippen LogP contribution in [0.4, 0.5) is 33.5 Å². The summed E-state index contributed by atoms with van der Waals surface area (Å²) >= 11 is 0. The first kappa shape index (κ1) is 24.4. The molecule has 0 atom stereocenters. The van der Waals surface area contributed by atoms with Crippen molar-refractivity contribution >= 4 is 17.2 Å². The maximum absolute atomic E-state index is 14.8. The predicted octanol–water partition coefficient (Wildman–Crippen LogP) is 5.20. The molecule has 3 heterocycles. The van der Waals surface area contributed by atoms with Gasteiger partial charge in [-0.1, -0.05) is 18.6 Å². The molecule has 0 aliphatic rings. The molecule has 0 spiro atoms. The minimum Gasteiger partial charge on any atom is -0.383 e. The van der Waals surface area contributed by atoms with Crippen molar-refractivity contribution in [3.8, 4) is 18.2 Å². The van der Waals surface area contributed by atoms with Gasteiger partial charge in [-0.05, 0) is 41.5 Å². The maximum atomic E-state index is 14.8. The van der Waals surface area contributed by atoms with E-state index in [-0.39, 0.29) is 29.2 Å². The number of rotatable bonds is 6. The lowest BCUT2D eigenvalue weighted by Gasteiger charge is -2.15. The van der Waals surface area contributed by atoms with Crippen LogP contribution in [0, 0.1) is 24.0 Å². The lowest BCUT2D eigenvalue weighted by Crippen LogP contribution is -2.17. The summed E-state index contributed by atoms with van der Waals surface area (Å²) in [4.78, 5) is 7.57. The topological polar surface area (TPSA) is 81.7 Å². The molecule has 3 N–H and O–H groups in total. The van der Waals surface area contributed by atoms with Gasteiger partial charge in [0.25, 0.3) is 0 Å². The van der Waals surface area contributed by atoms with E-state index in [4.69, 9.17) is 12.2 Å². The third-order valence-electron chi connectivity index (χ3n) is 5.24. The molecule has 6 nitrogen and oxygen atoms in total. The van der Waals surface area contributed by atoms with Crippen LogP contribution < -0.4 is 11.1 Å². The average Bonchev–Trinajstić information content (AvgIpc) is 3.27. The molecule has 0 bridgehead atoms. The van der Waals surface area contributed by atoms with E-state index in [1.54, 1.807) is 6.07 Å². The fourth-order valence-corrected chi connectivity index (χ4v) is 3.58. The van der Waals surface area contributed by atoms with Gasteiger partial charge in [0.1, 0.15) is 11.6 Å². The smallest absolute Gasteiger partial charge is 0.383 e. The van der Waals surface area contributed by atoms with E-state index in [1.807, 2.05) is 0 Å². The van der Waals surface area contributed by atoms with Crippen LogP contribution in [0.2, 0.25) is 0 Å². The summed E-state index contributed by atoms with van der Waals surface area (Å²) < 4.78 is 71.0. The number of hydrogen-bond donors (Lipinski definition) is 2. The number of nitrogen functional groups attached to an aromatic ring is 1. The number of nitrogens with zero attached hydrogens (tertiary/aromatic N) is 4. The number of hydrogen-bond acceptors (Lipinski definition) is 5. The van der Waals surface area contributed by atoms with Crippen LogP contribution in [0.1, 0.15) is 27.9 Å². The number of nitrogens with one attached hydrogen (secondary N) is 1. The van der Waals surface area contributed by atoms with Gasteiger partial charge in [0, 0.05) is 35.8 Å². The van der Waals surface area contributed by atoms with Crippen molar-refractivity contribution in [1.82, 2.24) is 19.7 Å². The third kappa shape index (κ3) is 4.74. The zero-order valence-electron chi connectivity index (χ0n) is 18.4. The van der Waals surface area contributed by atoms with Crippen molar-refractivity contribution in [1.29, 1.82) is 0 Å². The fourth-order valence-electron chi connectivity index (χ4n) is 3.58. The zero-order valence-corrected chi connectivity index (χ0v) is 18.4. The van der Waals surface area contributed by atoms with E-state index < -0.39 is 34.9 Å². The summed E-state index contributed by atoms with van der Waals surface area (Å²) in [6, 6.07) is 7.87. The Kier molecular flexibility index (Phi) is 6.44. The Morgan fingerprint density at radius 1 is 1.08 bits per heavy atom. The highest BCUT2D eigenvalue weighted by Crippen LogP contribution is 2.36. The molecule has 0 amide bonds. The van der Waals surface area contributed by atoms with Crippen molar-refractivity contribution in [3.63, 3.8) is 0 Å². The molecule has 0 aliphatic carbocycles. The van der Waals surface area contributed by atoms with Gasteiger partial charge in [-0.3, -0.25) is 0 Å². The molecule has 0 saturated heterocycles. The van der Waals surface area contributed by atoms with Crippen LogP contribution in [-0.4, -0.2) is 19.7 Å². The average molecular weight is 496 g/mol. The molecule has 36 heavy (non-hydrogen) atoms. The number of pyridine rings is 2. The largest absolute Gasteiger partial charge is 0.434 e. The molecule has 1 aromatic carbocycles. The van der Waals surface area contributed by atoms with Gasteiger partial charge in [-0.15, -0.1) is 6.42 Å². The second kappa shape index (κ2) is 9.50. The van der Waals surface area contributed by atoms with Crippen LogP contribution in [0.25, 0.3) is 11.5 Å². The summed E-state index contributed by atoms with van der Waals surface area (Å²) in [6.45, 7) is 3.63. The number of alkyl halides is 3. The van der Waals surface area contributed by atoms with Crippen LogP contribution in [-0.2, 0) is 12.6 Å². The minimum absolute atomic E-state index is 0.125. The van der Waals surface area contributed by atoms with Crippen molar-refractivity contribution in [3.05, 3.63) is 101 Å². The molecule has 182 valence electrons. The molecule has 3 aromatic heterocycles. The first-order valence-corrected chi connectivity index (χ1v) is 10.3. The Labute approximate surface area is 202 Å². The molecular formula is C25H17F5N6. The summed E-state index contributed by atoms with van der Waals surface area (Å²) in [7, 11) is 0. The van der Waals surface area contributed by atoms with Gasteiger partial charge in [0.15, 0.2) is 17.3 Å². The number of aromatic nitrogens is 4. The molecule has 0 radical (unpaired) electrons. The number of halogens is 5. The van der Waals surface area contributed by atoms with Gasteiger partial charge in [0.2, 0.25) is 0 Å². The van der Waals surface area contributed by atoms with Gasteiger partial charge >= 0.3 is 6.18 Å². The van der Waals surface area contributed by atoms with Crippen LogP contribution in [0.3, 0.4) is 0 Å². The second-order valence-corrected chi connectivity index (χ2v) is 7.59. The Morgan fingerprint density at radius 3 is 2.53 bits per heavy atom. The van der Waals surface area contributed by atoms with Crippen molar-refractivity contribution in [2.75, 3.05) is 11.1 Å². The highest BCUT2D eigenvalue weighted by molar-refractivity contribution is 5.76. The van der Waals surface area contributed by atoms with E-state index in [9.17, 15) is 22.0 Å². The molecule has 0 saturated carbocycles. The number of benzene rings is 1. The number of anilines is 2. The van der Waals surface area contributed by atoms with E-state index in [0.29, 0.717) is 15.8 Å². The van der Waals surface area contributed by atoms with Crippen LogP contribution >= 0.6 is 0 Å². The molecule has 4 rings (SSSR count). The van der Waals surface area contributed by atoms with Crippen LogP contribution in [0.15, 0.2) is 61.6 Å². The normalized spacial score (nSPS) is 11.2.